The lowest BCUT2D eigenvalue weighted by Gasteiger charge is -2.36. The summed E-state index contributed by atoms with van der Waals surface area (Å²) in [5, 5.41) is 2.79. The van der Waals surface area contributed by atoms with Gasteiger partial charge >= 0.3 is 0 Å². The Morgan fingerprint density at radius 2 is 1.90 bits per heavy atom. The summed E-state index contributed by atoms with van der Waals surface area (Å²) in [6.45, 7) is 0.622. The second-order valence-electron chi connectivity index (χ2n) is 5.51. The Bertz CT molecular complexity index is 573. The maximum atomic E-state index is 12.8. The van der Waals surface area contributed by atoms with E-state index < -0.39 is 10.0 Å². The highest BCUT2D eigenvalue weighted by atomic mass is 32.2. The number of nitrogens with one attached hydrogen (secondary N) is 1. The van der Waals surface area contributed by atoms with Crippen molar-refractivity contribution in [1.82, 2.24) is 14.3 Å². The van der Waals surface area contributed by atoms with Crippen molar-refractivity contribution in [1.29, 1.82) is 0 Å². The third kappa shape index (κ3) is 2.29. The highest BCUT2D eigenvalue weighted by molar-refractivity contribution is 7.89. The number of fused-ring (bicyclic) bond motifs is 1. The molecule has 6 nitrogen and oxygen atoms in total. The minimum atomic E-state index is -3.46. The highest BCUT2D eigenvalue weighted by Crippen LogP contribution is 2.39. The predicted molar refractivity (Wildman–Crippen MR) is 75.8 cm³/mol. The summed E-state index contributed by atoms with van der Waals surface area (Å²) in [7, 11) is -1.76. The zero-order valence-electron chi connectivity index (χ0n) is 11.6. The van der Waals surface area contributed by atoms with E-state index in [1.54, 1.807) is 11.4 Å². The molecule has 1 saturated heterocycles. The van der Waals surface area contributed by atoms with Crippen LogP contribution >= 0.6 is 0 Å². The maximum absolute atomic E-state index is 12.8. The minimum Gasteiger partial charge on any atom is -0.357 e. The van der Waals surface area contributed by atoms with Gasteiger partial charge in [0.2, 0.25) is 16.0 Å². The Balaban J connectivity index is 1.89. The van der Waals surface area contributed by atoms with E-state index in [0.717, 1.165) is 32.1 Å². The summed E-state index contributed by atoms with van der Waals surface area (Å²) in [6.07, 6.45) is 8.18. The number of hydrogen-bond acceptors (Lipinski definition) is 5. The van der Waals surface area contributed by atoms with Crippen molar-refractivity contribution >= 4 is 16.0 Å². The number of sulfonamides is 1. The third-order valence-electron chi connectivity index (χ3n) is 4.40. The van der Waals surface area contributed by atoms with Crippen LogP contribution in [0.1, 0.15) is 32.1 Å². The quantitative estimate of drug-likeness (QED) is 0.914. The fourth-order valence-electron chi connectivity index (χ4n) is 3.42. The zero-order valence-corrected chi connectivity index (χ0v) is 12.4. The van der Waals surface area contributed by atoms with Gasteiger partial charge in [0.1, 0.15) is 4.90 Å². The van der Waals surface area contributed by atoms with E-state index in [1.807, 2.05) is 0 Å². The average molecular weight is 296 g/mol. The lowest BCUT2D eigenvalue weighted by Crippen LogP contribution is -2.46. The molecular formula is C13H20N4O2S. The summed E-state index contributed by atoms with van der Waals surface area (Å²) in [6, 6.07) is 0.178. The standard InChI is InChI=1S/C13H20N4O2S/c1-14-13-15-8-11(9-16-13)20(18,19)17-7-3-5-10-4-2-6-12(10)17/h8-10,12H,2-7H2,1H3,(H,14,15,16). The second kappa shape index (κ2) is 5.29. The maximum Gasteiger partial charge on any atom is 0.246 e. The number of hydrogen-bond donors (Lipinski definition) is 1. The summed E-state index contributed by atoms with van der Waals surface area (Å²) >= 11 is 0. The first-order chi connectivity index (χ1) is 9.63. The normalized spacial score (nSPS) is 27.2. The van der Waals surface area contributed by atoms with Gasteiger partial charge < -0.3 is 5.32 Å². The van der Waals surface area contributed by atoms with Crippen molar-refractivity contribution in [2.45, 2.75) is 43.0 Å². The molecule has 2 atom stereocenters. The van der Waals surface area contributed by atoms with Crippen LogP contribution < -0.4 is 5.32 Å². The molecule has 0 radical (unpaired) electrons. The summed E-state index contributed by atoms with van der Waals surface area (Å²) in [5.41, 5.74) is 0. The monoisotopic (exact) mass is 296 g/mol. The molecular weight excluding hydrogens is 276 g/mol. The molecule has 110 valence electrons. The molecule has 1 aliphatic heterocycles. The SMILES string of the molecule is CNc1ncc(S(=O)(=O)N2CCCC3CCCC32)cn1. The van der Waals surface area contributed by atoms with Crippen molar-refractivity contribution in [2.24, 2.45) is 5.92 Å². The molecule has 1 saturated carbocycles. The van der Waals surface area contributed by atoms with Gasteiger partial charge in [-0.2, -0.15) is 4.31 Å². The molecule has 1 aromatic heterocycles. The number of aromatic nitrogens is 2. The van der Waals surface area contributed by atoms with Crippen LogP contribution in [0.2, 0.25) is 0 Å². The molecule has 7 heteroatoms. The third-order valence-corrected chi connectivity index (χ3v) is 6.28. The zero-order chi connectivity index (χ0) is 14.2. The second-order valence-corrected chi connectivity index (χ2v) is 7.40. The van der Waals surface area contributed by atoms with Gasteiger partial charge in [-0.05, 0) is 31.6 Å². The molecule has 0 bridgehead atoms. The fourth-order valence-corrected chi connectivity index (χ4v) is 5.07. The predicted octanol–water partition coefficient (Wildman–Crippen LogP) is 1.47. The van der Waals surface area contributed by atoms with E-state index in [1.165, 1.54) is 12.4 Å². The molecule has 20 heavy (non-hydrogen) atoms. The Morgan fingerprint density at radius 1 is 1.20 bits per heavy atom. The first kappa shape index (κ1) is 13.8. The van der Waals surface area contributed by atoms with E-state index in [9.17, 15) is 8.42 Å². The summed E-state index contributed by atoms with van der Waals surface area (Å²) in [4.78, 5) is 8.23. The van der Waals surface area contributed by atoms with Gasteiger partial charge in [0.15, 0.2) is 0 Å². The van der Waals surface area contributed by atoms with Crippen LogP contribution in [-0.4, -0.2) is 42.3 Å². The number of nitrogens with zero attached hydrogens (tertiary/aromatic N) is 3. The van der Waals surface area contributed by atoms with Crippen LogP contribution in [0.3, 0.4) is 0 Å². The van der Waals surface area contributed by atoms with Crippen LogP contribution in [0.5, 0.6) is 0 Å². The molecule has 1 aromatic rings. The van der Waals surface area contributed by atoms with Gasteiger partial charge in [0.25, 0.3) is 0 Å². The van der Waals surface area contributed by atoms with Crippen LogP contribution in [0.15, 0.2) is 17.3 Å². The van der Waals surface area contributed by atoms with E-state index in [2.05, 4.69) is 15.3 Å². The number of rotatable bonds is 3. The van der Waals surface area contributed by atoms with E-state index >= 15 is 0 Å². The molecule has 2 heterocycles. The van der Waals surface area contributed by atoms with Gasteiger partial charge in [-0.25, -0.2) is 18.4 Å². The lowest BCUT2D eigenvalue weighted by atomic mass is 9.94. The van der Waals surface area contributed by atoms with E-state index in [0.29, 0.717) is 18.4 Å². The average Bonchev–Trinajstić information content (AvgIpc) is 2.95. The summed E-state index contributed by atoms with van der Waals surface area (Å²) in [5.74, 6) is 0.970. The Kier molecular flexibility index (Phi) is 3.64. The van der Waals surface area contributed by atoms with Crippen molar-refractivity contribution in [2.75, 3.05) is 18.9 Å². The van der Waals surface area contributed by atoms with E-state index in [4.69, 9.17) is 0 Å². The molecule has 3 rings (SSSR count). The van der Waals surface area contributed by atoms with Gasteiger partial charge in [0, 0.05) is 19.6 Å². The smallest absolute Gasteiger partial charge is 0.246 e. The largest absolute Gasteiger partial charge is 0.357 e. The van der Waals surface area contributed by atoms with Crippen LogP contribution in [0, 0.1) is 5.92 Å². The molecule has 2 fully saturated rings. The lowest BCUT2D eigenvalue weighted by molar-refractivity contribution is 0.202. The van der Waals surface area contributed by atoms with Crippen LogP contribution in [0.4, 0.5) is 5.95 Å². The molecule has 0 aromatic carbocycles. The van der Waals surface area contributed by atoms with Crippen molar-refractivity contribution in [3.8, 4) is 0 Å². The molecule has 1 aliphatic carbocycles. The number of anilines is 1. The van der Waals surface area contributed by atoms with Gasteiger partial charge in [0.05, 0.1) is 12.4 Å². The number of piperidine rings is 1. The molecule has 2 aliphatic rings. The van der Waals surface area contributed by atoms with Crippen molar-refractivity contribution in [3.05, 3.63) is 12.4 Å². The Morgan fingerprint density at radius 3 is 2.60 bits per heavy atom. The Hall–Kier alpha value is -1.21. The fraction of sp³-hybridized carbons (Fsp3) is 0.692. The van der Waals surface area contributed by atoms with Crippen LogP contribution in [0.25, 0.3) is 0 Å². The van der Waals surface area contributed by atoms with E-state index in [-0.39, 0.29) is 10.9 Å². The topological polar surface area (TPSA) is 75.2 Å². The van der Waals surface area contributed by atoms with Crippen molar-refractivity contribution < 1.29 is 8.42 Å². The minimum absolute atomic E-state index is 0.178. The molecule has 0 spiro atoms. The highest BCUT2D eigenvalue weighted by Gasteiger charge is 2.41. The first-order valence-corrected chi connectivity index (χ1v) is 8.58. The van der Waals surface area contributed by atoms with Gasteiger partial charge in [-0.15, -0.1) is 0 Å². The van der Waals surface area contributed by atoms with Crippen molar-refractivity contribution in [3.63, 3.8) is 0 Å². The van der Waals surface area contributed by atoms with Crippen LogP contribution in [-0.2, 0) is 10.0 Å². The Labute approximate surface area is 119 Å². The molecule has 2 unspecified atom stereocenters. The van der Waals surface area contributed by atoms with Gasteiger partial charge in [-0.3, -0.25) is 0 Å². The summed E-state index contributed by atoms with van der Waals surface area (Å²) < 4.78 is 27.2. The molecule has 1 N–H and O–H groups in total. The molecule has 0 amide bonds. The first-order valence-electron chi connectivity index (χ1n) is 7.14. The van der Waals surface area contributed by atoms with Gasteiger partial charge in [-0.1, -0.05) is 6.42 Å².